The Morgan fingerprint density at radius 2 is 2.15 bits per heavy atom. The molecule has 0 bridgehead atoms. The van der Waals surface area contributed by atoms with Crippen LogP contribution >= 0.6 is 0 Å². The van der Waals surface area contributed by atoms with Gasteiger partial charge >= 0.3 is 0 Å². The second-order valence-electron chi connectivity index (χ2n) is 5.20. The lowest BCUT2D eigenvalue weighted by atomic mass is 10.0. The number of nitrogen functional groups attached to an aromatic ring is 1. The molecule has 0 atom stereocenters. The van der Waals surface area contributed by atoms with Crippen molar-refractivity contribution in [3.8, 4) is 5.82 Å². The average molecular weight is 269 g/mol. The normalized spacial score (nSPS) is 16.2. The molecule has 1 aliphatic rings. The highest BCUT2D eigenvalue weighted by atomic mass is 15.4. The van der Waals surface area contributed by atoms with E-state index in [4.69, 9.17) is 10.8 Å². The third-order valence-electron chi connectivity index (χ3n) is 3.96. The summed E-state index contributed by atoms with van der Waals surface area (Å²) in [5.74, 6) is 1.71. The van der Waals surface area contributed by atoms with Crippen molar-refractivity contribution in [2.24, 2.45) is 0 Å². The summed E-state index contributed by atoms with van der Waals surface area (Å²) in [7, 11) is 0. The third-order valence-corrected chi connectivity index (χ3v) is 3.96. The molecule has 1 saturated carbocycles. The van der Waals surface area contributed by atoms with E-state index in [1.165, 1.54) is 12.8 Å². The van der Waals surface area contributed by atoms with E-state index in [2.05, 4.69) is 20.4 Å². The van der Waals surface area contributed by atoms with Crippen LogP contribution in [0.1, 0.15) is 37.3 Å². The lowest BCUT2D eigenvalue weighted by Gasteiger charge is -2.05. The molecule has 0 aromatic carbocycles. The Labute approximate surface area is 115 Å². The minimum atomic E-state index is 0.468. The number of nitrogens with zero attached hydrogens (tertiary/aromatic N) is 5. The molecule has 1 aliphatic carbocycles. The van der Waals surface area contributed by atoms with E-state index >= 15 is 0 Å². The summed E-state index contributed by atoms with van der Waals surface area (Å²) in [6.07, 6.45) is 6.47. The fourth-order valence-electron chi connectivity index (χ4n) is 3.01. The first-order valence-corrected chi connectivity index (χ1v) is 6.85. The fraction of sp³-hybridized carbons (Fsp3) is 0.385. The smallest absolute Gasteiger partial charge is 0.188 e. The zero-order chi connectivity index (χ0) is 13.5. The first kappa shape index (κ1) is 11.4. The summed E-state index contributed by atoms with van der Waals surface area (Å²) in [5, 5.41) is 20.8. The zero-order valence-corrected chi connectivity index (χ0v) is 11.0. The predicted octanol–water partition coefficient (Wildman–Crippen LogP) is 1.78. The van der Waals surface area contributed by atoms with Crippen molar-refractivity contribution in [1.82, 2.24) is 30.2 Å². The monoisotopic (exact) mass is 269 g/mol. The van der Waals surface area contributed by atoms with Crippen molar-refractivity contribution in [3.05, 3.63) is 24.0 Å². The van der Waals surface area contributed by atoms with Gasteiger partial charge in [0.1, 0.15) is 5.82 Å². The summed E-state index contributed by atoms with van der Waals surface area (Å²) in [6, 6.07) is 3.70. The van der Waals surface area contributed by atoms with Crippen molar-refractivity contribution in [3.63, 3.8) is 0 Å². The van der Waals surface area contributed by atoms with Crippen molar-refractivity contribution < 1.29 is 0 Å². The molecule has 7 nitrogen and oxygen atoms in total. The molecule has 0 radical (unpaired) electrons. The molecule has 102 valence electrons. The number of aromatic nitrogens is 6. The fourth-order valence-corrected chi connectivity index (χ4v) is 3.01. The maximum atomic E-state index is 6.03. The van der Waals surface area contributed by atoms with Crippen molar-refractivity contribution in [2.75, 3.05) is 5.73 Å². The van der Waals surface area contributed by atoms with E-state index in [0.29, 0.717) is 17.6 Å². The largest absolute Gasteiger partial charge is 0.383 e. The molecular weight excluding hydrogens is 254 g/mol. The number of hydrogen-bond acceptors (Lipinski definition) is 5. The molecule has 3 N–H and O–H groups in total. The standard InChI is InChI=1S/C13H15N7/c14-12-10-11(8-4-1-2-5-8)19-20(13(10)18-17-12)9-6-3-7-15-16-9/h3,6-8H,1-2,4-5H2,(H3,14,17,18). The molecule has 0 amide bonds. The quantitative estimate of drug-likeness (QED) is 0.738. The number of nitrogens with two attached hydrogens (primary N) is 1. The molecule has 0 saturated heterocycles. The molecular formula is C13H15N7. The van der Waals surface area contributed by atoms with Crippen LogP contribution in [0.25, 0.3) is 16.9 Å². The number of fused-ring (bicyclic) bond motifs is 1. The number of hydrogen-bond donors (Lipinski definition) is 2. The lowest BCUT2D eigenvalue weighted by molar-refractivity contribution is 0.677. The van der Waals surface area contributed by atoms with Gasteiger partial charge in [0.05, 0.1) is 11.1 Å². The second-order valence-corrected chi connectivity index (χ2v) is 5.20. The Morgan fingerprint density at radius 1 is 1.30 bits per heavy atom. The van der Waals surface area contributed by atoms with Crippen molar-refractivity contribution in [2.45, 2.75) is 31.6 Å². The minimum Gasteiger partial charge on any atom is -0.383 e. The molecule has 20 heavy (non-hydrogen) atoms. The van der Waals surface area contributed by atoms with Gasteiger partial charge in [-0.3, -0.25) is 5.10 Å². The Kier molecular flexibility index (Phi) is 2.45. The van der Waals surface area contributed by atoms with Crippen LogP contribution in [0.4, 0.5) is 5.82 Å². The topological polar surface area (TPSA) is 98.3 Å². The van der Waals surface area contributed by atoms with Crippen LogP contribution < -0.4 is 5.73 Å². The molecule has 1 fully saturated rings. The Hall–Kier alpha value is -2.44. The van der Waals surface area contributed by atoms with E-state index < -0.39 is 0 Å². The van der Waals surface area contributed by atoms with Crippen LogP contribution in [0, 0.1) is 0 Å². The SMILES string of the molecule is Nc1[nH]nc2c1c(C1CCCC1)nn2-c1cccnn1. The number of aromatic amines is 1. The molecule has 7 heteroatoms. The van der Waals surface area contributed by atoms with Gasteiger partial charge in [-0.05, 0) is 25.0 Å². The number of rotatable bonds is 2. The molecule has 4 rings (SSSR count). The van der Waals surface area contributed by atoms with Gasteiger partial charge in [0.25, 0.3) is 0 Å². The summed E-state index contributed by atoms with van der Waals surface area (Å²) in [6.45, 7) is 0. The first-order valence-electron chi connectivity index (χ1n) is 6.85. The maximum Gasteiger partial charge on any atom is 0.188 e. The minimum absolute atomic E-state index is 0.468. The van der Waals surface area contributed by atoms with E-state index in [-0.39, 0.29) is 0 Å². The van der Waals surface area contributed by atoms with Gasteiger partial charge in [-0.1, -0.05) is 12.8 Å². The number of anilines is 1. The van der Waals surface area contributed by atoms with Crippen LogP contribution in [0.15, 0.2) is 18.3 Å². The lowest BCUT2D eigenvalue weighted by Crippen LogP contribution is -2.03. The van der Waals surface area contributed by atoms with Crippen LogP contribution in [0.3, 0.4) is 0 Å². The summed E-state index contributed by atoms with van der Waals surface area (Å²) < 4.78 is 1.73. The highest BCUT2D eigenvalue weighted by Crippen LogP contribution is 2.38. The summed E-state index contributed by atoms with van der Waals surface area (Å²) >= 11 is 0. The van der Waals surface area contributed by atoms with E-state index in [1.54, 1.807) is 10.9 Å². The third kappa shape index (κ3) is 1.59. The maximum absolute atomic E-state index is 6.03. The molecule has 0 unspecified atom stereocenters. The van der Waals surface area contributed by atoms with Gasteiger partial charge in [0.15, 0.2) is 11.5 Å². The van der Waals surface area contributed by atoms with Crippen LogP contribution in [-0.2, 0) is 0 Å². The van der Waals surface area contributed by atoms with Gasteiger partial charge < -0.3 is 5.73 Å². The molecule has 3 heterocycles. The van der Waals surface area contributed by atoms with Crippen molar-refractivity contribution in [1.29, 1.82) is 0 Å². The van der Waals surface area contributed by atoms with E-state index in [0.717, 1.165) is 29.6 Å². The van der Waals surface area contributed by atoms with Crippen LogP contribution in [0.2, 0.25) is 0 Å². The van der Waals surface area contributed by atoms with Crippen molar-refractivity contribution >= 4 is 16.9 Å². The molecule has 0 aliphatic heterocycles. The van der Waals surface area contributed by atoms with E-state index in [9.17, 15) is 0 Å². The van der Waals surface area contributed by atoms with Gasteiger partial charge in [0, 0.05) is 12.1 Å². The average Bonchev–Trinajstić information content (AvgIpc) is 3.18. The Balaban J connectivity index is 1.94. The second kappa shape index (κ2) is 4.29. The number of H-pyrrole nitrogens is 1. The van der Waals surface area contributed by atoms with Gasteiger partial charge in [-0.2, -0.15) is 20.0 Å². The molecule has 3 aromatic heterocycles. The van der Waals surface area contributed by atoms with Crippen LogP contribution in [-0.4, -0.2) is 30.2 Å². The highest BCUT2D eigenvalue weighted by molar-refractivity contribution is 5.90. The Morgan fingerprint density at radius 3 is 2.90 bits per heavy atom. The van der Waals surface area contributed by atoms with Crippen LogP contribution in [0.5, 0.6) is 0 Å². The van der Waals surface area contributed by atoms with Gasteiger partial charge in [0.2, 0.25) is 0 Å². The summed E-state index contributed by atoms with van der Waals surface area (Å²) in [5.41, 5.74) is 7.79. The highest BCUT2D eigenvalue weighted by Gasteiger charge is 2.26. The van der Waals surface area contributed by atoms with E-state index in [1.807, 2.05) is 12.1 Å². The molecule has 3 aromatic rings. The van der Waals surface area contributed by atoms with Gasteiger partial charge in [-0.25, -0.2) is 0 Å². The van der Waals surface area contributed by atoms with Gasteiger partial charge in [-0.15, -0.1) is 5.10 Å². The predicted molar refractivity (Wildman–Crippen MR) is 74.4 cm³/mol. The number of nitrogens with one attached hydrogen (secondary N) is 1. The zero-order valence-electron chi connectivity index (χ0n) is 11.0. The summed E-state index contributed by atoms with van der Waals surface area (Å²) in [4.78, 5) is 0. The first-order chi connectivity index (χ1) is 9.84. The Bertz CT molecular complexity index is 737. The molecule has 0 spiro atoms.